The number of ether oxygens (including phenoxy) is 1. The van der Waals surface area contributed by atoms with Crippen LogP contribution in [0.1, 0.15) is 54.1 Å². The molecule has 1 aliphatic rings. The molecule has 36 heavy (non-hydrogen) atoms. The lowest BCUT2D eigenvalue weighted by Gasteiger charge is -2.29. The lowest BCUT2D eigenvalue weighted by molar-refractivity contribution is 0.242. The number of thiocarbonyl (C=S) groups is 1. The van der Waals surface area contributed by atoms with E-state index in [0.29, 0.717) is 5.11 Å². The Morgan fingerprint density at radius 2 is 1.56 bits per heavy atom. The van der Waals surface area contributed by atoms with Gasteiger partial charge in [-0.1, -0.05) is 24.3 Å². The summed E-state index contributed by atoms with van der Waals surface area (Å²) in [5.74, 6) is 0.850. The molecule has 5 rings (SSSR count). The average molecular weight is 497 g/mol. The molecule has 0 unspecified atom stereocenters. The van der Waals surface area contributed by atoms with Crippen LogP contribution in [0.2, 0.25) is 0 Å². The summed E-state index contributed by atoms with van der Waals surface area (Å²) in [5.41, 5.74) is 8.12. The molecule has 0 radical (unpaired) electrons. The smallest absolute Gasteiger partial charge is 0.174 e. The minimum atomic E-state index is -0.0892. The van der Waals surface area contributed by atoms with Crippen LogP contribution in [-0.2, 0) is 0 Å². The van der Waals surface area contributed by atoms with Gasteiger partial charge in [0.1, 0.15) is 5.75 Å². The van der Waals surface area contributed by atoms with Gasteiger partial charge >= 0.3 is 0 Å². The van der Waals surface area contributed by atoms with E-state index in [2.05, 4.69) is 84.1 Å². The number of nitrogens with one attached hydrogen (secondary N) is 1. The normalized spacial score (nSPS) is 17.5. The van der Waals surface area contributed by atoms with Gasteiger partial charge < -0.3 is 19.5 Å². The molecule has 1 N–H and O–H groups in total. The van der Waals surface area contributed by atoms with Crippen LogP contribution >= 0.6 is 12.2 Å². The van der Waals surface area contributed by atoms with Crippen molar-refractivity contribution in [2.24, 2.45) is 0 Å². The molecule has 1 aliphatic heterocycles. The highest BCUT2D eigenvalue weighted by Gasteiger charge is 2.43. The first kappa shape index (κ1) is 24.1. The number of aromatic nitrogens is 2. The summed E-state index contributed by atoms with van der Waals surface area (Å²) in [6, 6.07) is 24.6. The standard InChI is InChI=1S/C30H32N4OS/c1-19(2)35-25-16-14-24(15-17-25)34-29(28(32-30(34)36)26-13-9-10-18-31-26)27-20(3)21(4)33(22(27)5)23-11-7-6-8-12-23/h6-19,28-29H,1-5H3,(H,32,36)/t28-,29-/m1/s1. The minimum absolute atomic E-state index is 0.0621. The molecular formula is C30H32N4OS. The van der Waals surface area contributed by atoms with E-state index in [1.165, 1.54) is 22.5 Å². The number of pyridine rings is 1. The van der Waals surface area contributed by atoms with Gasteiger partial charge in [0.15, 0.2) is 5.11 Å². The van der Waals surface area contributed by atoms with E-state index < -0.39 is 0 Å². The van der Waals surface area contributed by atoms with Gasteiger partial charge in [0.25, 0.3) is 0 Å². The van der Waals surface area contributed by atoms with Crippen molar-refractivity contribution in [2.75, 3.05) is 4.90 Å². The summed E-state index contributed by atoms with van der Waals surface area (Å²) in [4.78, 5) is 6.95. The van der Waals surface area contributed by atoms with E-state index in [9.17, 15) is 0 Å². The molecule has 4 aromatic rings. The van der Waals surface area contributed by atoms with Crippen LogP contribution in [-0.4, -0.2) is 20.8 Å². The van der Waals surface area contributed by atoms with Gasteiger partial charge in [-0.2, -0.15) is 0 Å². The van der Waals surface area contributed by atoms with Crippen LogP contribution in [0.5, 0.6) is 5.75 Å². The van der Waals surface area contributed by atoms with Crippen LogP contribution in [0, 0.1) is 20.8 Å². The molecule has 6 heteroatoms. The predicted molar refractivity (Wildman–Crippen MR) is 150 cm³/mol. The second-order valence-electron chi connectivity index (χ2n) is 9.54. The Morgan fingerprint density at radius 1 is 0.861 bits per heavy atom. The highest BCUT2D eigenvalue weighted by molar-refractivity contribution is 7.80. The van der Waals surface area contributed by atoms with E-state index in [-0.39, 0.29) is 18.2 Å². The van der Waals surface area contributed by atoms with Crippen molar-refractivity contribution in [3.8, 4) is 11.4 Å². The number of anilines is 1. The monoisotopic (exact) mass is 496 g/mol. The molecule has 1 fully saturated rings. The molecule has 0 spiro atoms. The van der Waals surface area contributed by atoms with Gasteiger partial charge in [-0.25, -0.2) is 0 Å². The number of para-hydroxylation sites is 1. The summed E-state index contributed by atoms with van der Waals surface area (Å²) in [5, 5.41) is 4.28. The lowest BCUT2D eigenvalue weighted by Crippen LogP contribution is -2.29. The fraction of sp³-hybridized carbons (Fsp3) is 0.267. The first-order chi connectivity index (χ1) is 17.4. The summed E-state index contributed by atoms with van der Waals surface area (Å²) in [7, 11) is 0. The Morgan fingerprint density at radius 3 is 2.19 bits per heavy atom. The van der Waals surface area contributed by atoms with Crippen molar-refractivity contribution in [2.45, 2.75) is 52.8 Å². The van der Waals surface area contributed by atoms with Crippen molar-refractivity contribution in [1.82, 2.24) is 14.9 Å². The molecular weight excluding hydrogens is 464 g/mol. The quantitative estimate of drug-likeness (QED) is 0.299. The van der Waals surface area contributed by atoms with Crippen LogP contribution in [0.15, 0.2) is 79.0 Å². The van der Waals surface area contributed by atoms with Crippen molar-refractivity contribution >= 4 is 23.0 Å². The summed E-state index contributed by atoms with van der Waals surface area (Å²) >= 11 is 5.95. The molecule has 0 amide bonds. The largest absolute Gasteiger partial charge is 0.491 e. The first-order valence-electron chi connectivity index (χ1n) is 12.4. The van der Waals surface area contributed by atoms with Crippen LogP contribution in [0.3, 0.4) is 0 Å². The van der Waals surface area contributed by atoms with Crippen LogP contribution in [0.25, 0.3) is 5.69 Å². The summed E-state index contributed by atoms with van der Waals surface area (Å²) < 4.78 is 8.23. The predicted octanol–water partition coefficient (Wildman–Crippen LogP) is 6.76. The molecule has 0 bridgehead atoms. The summed E-state index contributed by atoms with van der Waals surface area (Å²) in [6.45, 7) is 10.7. The van der Waals surface area contributed by atoms with Crippen molar-refractivity contribution in [3.63, 3.8) is 0 Å². The van der Waals surface area contributed by atoms with Crippen molar-refractivity contribution < 1.29 is 4.74 Å². The topological polar surface area (TPSA) is 42.3 Å². The number of benzene rings is 2. The lowest BCUT2D eigenvalue weighted by atomic mass is 9.93. The Kier molecular flexibility index (Phi) is 6.54. The Balaban J connectivity index is 1.66. The maximum Gasteiger partial charge on any atom is 0.174 e. The number of nitrogens with zero attached hydrogens (tertiary/aromatic N) is 3. The Bertz CT molecular complexity index is 1360. The number of hydrogen-bond acceptors (Lipinski definition) is 3. The third kappa shape index (κ3) is 4.26. The molecule has 0 aliphatic carbocycles. The third-order valence-corrected chi connectivity index (χ3v) is 7.22. The Labute approximate surface area is 218 Å². The second kappa shape index (κ2) is 9.78. The number of rotatable bonds is 6. The highest BCUT2D eigenvalue weighted by atomic mass is 32.1. The van der Waals surface area contributed by atoms with E-state index in [0.717, 1.165) is 22.8 Å². The molecule has 5 nitrogen and oxygen atoms in total. The molecule has 184 valence electrons. The highest BCUT2D eigenvalue weighted by Crippen LogP contribution is 2.45. The van der Waals surface area contributed by atoms with Gasteiger partial charge in [0.2, 0.25) is 0 Å². The van der Waals surface area contributed by atoms with Gasteiger partial charge in [0, 0.05) is 34.5 Å². The second-order valence-corrected chi connectivity index (χ2v) is 9.92. The molecule has 2 aromatic carbocycles. The molecule has 0 saturated carbocycles. The van der Waals surface area contributed by atoms with Crippen LogP contribution < -0.4 is 15.0 Å². The zero-order chi connectivity index (χ0) is 25.4. The van der Waals surface area contributed by atoms with Gasteiger partial charge in [-0.3, -0.25) is 4.98 Å². The first-order valence-corrected chi connectivity index (χ1v) is 12.8. The third-order valence-electron chi connectivity index (χ3n) is 6.90. The van der Waals surface area contributed by atoms with Gasteiger partial charge in [-0.15, -0.1) is 0 Å². The SMILES string of the molecule is Cc1c([C@@H]2[C@@H](c3ccccn3)NC(=S)N2c2ccc(OC(C)C)cc2)c(C)n(-c2ccccc2)c1C. The van der Waals surface area contributed by atoms with Crippen molar-refractivity contribution in [3.05, 3.63) is 107 Å². The molecule has 3 heterocycles. The number of hydrogen-bond donors (Lipinski definition) is 1. The van der Waals surface area contributed by atoms with Gasteiger partial charge in [0.05, 0.1) is 23.9 Å². The van der Waals surface area contributed by atoms with Crippen LogP contribution in [0.4, 0.5) is 5.69 Å². The minimum Gasteiger partial charge on any atom is -0.491 e. The molecule has 2 atom stereocenters. The zero-order valence-corrected chi connectivity index (χ0v) is 22.2. The van der Waals surface area contributed by atoms with Crippen molar-refractivity contribution in [1.29, 1.82) is 0 Å². The average Bonchev–Trinajstić information content (AvgIpc) is 3.32. The molecule has 2 aromatic heterocycles. The fourth-order valence-corrected chi connectivity index (χ4v) is 5.64. The summed E-state index contributed by atoms with van der Waals surface area (Å²) in [6.07, 6.45) is 1.97. The Hall–Kier alpha value is -3.64. The fourth-order valence-electron chi connectivity index (χ4n) is 5.29. The van der Waals surface area contributed by atoms with E-state index >= 15 is 0 Å². The van der Waals surface area contributed by atoms with E-state index in [4.69, 9.17) is 21.9 Å². The molecule has 1 saturated heterocycles. The van der Waals surface area contributed by atoms with E-state index in [1.54, 1.807) is 0 Å². The van der Waals surface area contributed by atoms with E-state index in [1.807, 2.05) is 44.3 Å². The maximum absolute atomic E-state index is 5.95. The maximum atomic E-state index is 5.95. The zero-order valence-electron chi connectivity index (χ0n) is 21.4. The van der Waals surface area contributed by atoms with Gasteiger partial charge in [-0.05, 0) is 101 Å².